The Morgan fingerprint density at radius 3 is 2.80 bits per heavy atom. The number of carbonyl (C=O) groups is 2. The normalized spacial score (nSPS) is 21.7. The van der Waals surface area contributed by atoms with E-state index < -0.39 is 0 Å². The minimum atomic E-state index is -0.284. The second-order valence-electron chi connectivity index (χ2n) is 4.48. The number of carbonyl (C=O) groups excluding carboxylic acids is 2. The molecule has 0 radical (unpaired) electrons. The van der Waals surface area contributed by atoms with Gasteiger partial charge in [-0.1, -0.05) is 13.8 Å². The van der Waals surface area contributed by atoms with Crippen LogP contribution in [0.25, 0.3) is 0 Å². The first-order valence-electron chi connectivity index (χ1n) is 5.42. The van der Waals surface area contributed by atoms with Crippen molar-refractivity contribution in [3.8, 4) is 0 Å². The van der Waals surface area contributed by atoms with Crippen LogP contribution in [0.2, 0.25) is 0 Å². The Morgan fingerprint density at radius 1 is 1.60 bits per heavy atom. The molecule has 1 rings (SSSR count). The first-order valence-corrected chi connectivity index (χ1v) is 5.42. The van der Waals surface area contributed by atoms with E-state index in [1.54, 1.807) is 4.90 Å². The van der Waals surface area contributed by atoms with E-state index in [1.807, 2.05) is 0 Å². The lowest BCUT2D eigenvalue weighted by Gasteiger charge is -2.33. The zero-order valence-corrected chi connectivity index (χ0v) is 9.66. The van der Waals surface area contributed by atoms with Gasteiger partial charge in [0.05, 0.1) is 6.61 Å². The molecule has 1 unspecified atom stereocenters. The molecule has 1 amide bonds. The van der Waals surface area contributed by atoms with E-state index in [0.717, 1.165) is 0 Å². The molecule has 1 heterocycles. The van der Waals surface area contributed by atoms with Gasteiger partial charge >= 0.3 is 6.09 Å². The van der Waals surface area contributed by atoms with Crippen LogP contribution in [0.1, 0.15) is 27.2 Å². The Bertz CT molecular complexity index is 250. The zero-order chi connectivity index (χ0) is 11.4. The standard InChI is InChI=1S/C11H19NO3/c1-8(2)10-6-12(5-4-9(3)13)11(14)15-7-10/h8,10H,4-7H2,1-3H3. The number of Topliss-reactive ketones (excluding diaryl/α,β-unsaturated/α-hetero) is 1. The minimum Gasteiger partial charge on any atom is -0.449 e. The maximum atomic E-state index is 11.4. The topological polar surface area (TPSA) is 46.6 Å². The first kappa shape index (κ1) is 12.0. The number of amides is 1. The Balaban J connectivity index is 2.46. The van der Waals surface area contributed by atoms with E-state index in [1.165, 1.54) is 6.92 Å². The molecule has 0 aromatic heterocycles. The lowest BCUT2D eigenvalue weighted by molar-refractivity contribution is -0.117. The van der Waals surface area contributed by atoms with Gasteiger partial charge in [0.1, 0.15) is 5.78 Å². The maximum Gasteiger partial charge on any atom is 0.409 e. The van der Waals surface area contributed by atoms with Gasteiger partial charge in [0.25, 0.3) is 0 Å². The lowest BCUT2D eigenvalue weighted by atomic mass is 9.95. The quantitative estimate of drug-likeness (QED) is 0.714. The number of ketones is 1. The molecule has 0 aliphatic carbocycles. The summed E-state index contributed by atoms with van der Waals surface area (Å²) in [6.45, 7) is 7.48. The second-order valence-corrected chi connectivity index (χ2v) is 4.48. The fourth-order valence-corrected chi connectivity index (χ4v) is 1.56. The number of cyclic esters (lactones) is 1. The van der Waals surface area contributed by atoms with Crippen molar-refractivity contribution in [3.63, 3.8) is 0 Å². The van der Waals surface area contributed by atoms with Crippen molar-refractivity contribution < 1.29 is 14.3 Å². The zero-order valence-electron chi connectivity index (χ0n) is 9.66. The molecular formula is C11H19NO3. The Hall–Kier alpha value is -1.06. The Morgan fingerprint density at radius 2 is 2.27 bits per heavy atom. The van der Waals surface area contributed by atoms with Crippen LogP contribution in [-0.4, -0.2) is 36.5 Å². The summed E-state index contributed by atoms with van der Waals surface area (Å²) in [5.74, 6) is 0.988. The van der Waals surface area contributed by atoms with Crippen LogP contribution in [0.15, 0.2) is 0 Å². The molecule has 86 valence electrons. The molecule has 1 fully saturated rings. The monoisotopic (exact) mass is 213 g/mol. The lowest BCUT2D eigenvalue weighted by Crippen LogP contribution is -2.45. The molecule has 1 aliphatic rings. The molecule has 15 heavy (non-hydrogen) atoms. The van der Waals surface area contributed by atoms with Crippen LogP contribution in [-0.2, 0) is 9.53 Å². The van der Waals surface area contributed by atoms with Gasteiger partial charge in [-0.05, 0) is 12.8 Å². The molecule has 1 aliphatic heterocycles. The summed E-state index contributed by atoms with van der Waals surface area (Å²) in [5, 5.41) is 0. The van der Waals surface area contributed by atoms with E-state index in [0.29, 0.717) is 38.0 Å². The van der Waals surface area contributed by atoms with Gasteiger partial charge in [-0.15, -0.1) is 0 Å². The third kappa shape index (κ3) is 3.53. The number of hydrogen-bond acceptors (Lipinski definition) is 3. The van der Waals surface area contributed by atoms with Crippen molar-refractivity contribution in [1.29, 1.82) is 0 Å². The molecular weight excluding hydrogens is 194 g/mol. The molecule has 1 atom stereocenters. The number of hydrogen-bond donors (Lipinski definition) is 0. The average Bonchev–Trinajstić information content (AvgIpc) is 2.16. The van der Waals surface area contributed by atoms with Crippen molar-refractivity contribution in [2.45, 2.75) is 27.2 Å². The van der Waals surface area contributed by atoms with Gasteiger partial charge in [0.2, 0.25) is 0 Å². The fraction of sp³-hybridized carbons (Fsp3) is 0.818. The fourth-order valence-electron chi connectivity index (χ4n) is 1.56. The van der Waals surface area contributed by atoms with Gasteiger partial charge in [0.15, 0.2) is 0 Å². The van der Waals surface area contributed by atoms with E-state index in [4.69, 9.17) is 4.74 Å². The van der Waals surface area contributed by atoms with Crippen molar-refractivity contribution >= 4 is 11.9 Å². The van der Waals surface area contributed by atoms with E-state index >= 15 is 0 Å². The number of rotatable bonds is 4. The van der Waals surface area contributed by atoms with Gasteiger partial charge < -0.3 is 9.64 Å². The smallest absolute Gasteiger partial charge is 0.409 e. The SMILES string of the molecule is CC(=O)CCN1CC(C(C)C)COC1=O. The first-order chi connectivity index (χ1) is 7.00. The summed E-state index contributed by atoms with van der Waals surface area (Å²) in [6.07, 6.45) is 0.132. The van der Waals surface area contributed by atoms with Crippen LogP contribution >= 0.6 is 0 Å². The Labute approximate surface area is 90.6 Å². The van der Waals surface area contributed by atoms with Crippen molar-refractivity contribution in [2.75, 3.05) is 19.7 Å². The summed E-state index contributed by atoms with van der Waals surface area (Å²) < 4.78 is 5.07. The van der Waals surface area contributed by atoms with Crippen molar-refractivity contribution in [2.24, 2.45) is 11.8 Å². The number of nitrogens with zero attached hydrogens (tertiary/aromatic N) is 1. The van der Waals surface area contributed by atoms with Crippen LogP contribution < -0.4 is 0 Å². The summed E-state index contributed by atoms with van der Waals surface area (Å²) in [6, 6.07) is 0. The van der Waals surface area contributed by atoms with Crippen molar-refractivity contribution in [3.05, 3.63) is 0 Å². The molecule has 1 saturated heterocycles. The molecule has 0 N–H and O–H groups in total. The third-order valence-electron chi connectivity index (χ3n) is 2.81. The van der Waals surface area contributed by atoms with E-state index in [2.05, 4.69) is 13.8 Å². The van der Waals surface area contributed by atoms with Crippen LogP contribution in [0.4, 0.5) is 4.79 Å². The summed E-state index contributed by atoms with van der Waals surface area (Å²) >= 11 is 0. The molecule has 0 aromatic carbocycles. The molecule has 4 nitrogen and oxygen atoms in total. The molecule has 0 aromatic rings. The summed E-state index contributed by atoms with van der Waals surface area (Å²) in [4.78, 5) is 23.8. The Kier molecular flexibility index (Phi) is 4.12. The van der Waals surface area contributed by atoms with Gasteiger partial charge in [0, 0.05) is 25.4 Å². The second kappa shape index (κ2) is 5.14. The van der Waals surface area contributed by atoms with Crippen molar-refractivity contribution in [1.82, 2.24) is 4.90 Å². The van der Waals surface area contributed by atoms with Gasteiger partial charge in [-0.3, -0.25) is 4.79 Å². The highest BCUT2D eigenvalue weighted by Crippen LogP contribution is 2.18. The predicted molar refractivity (Wildman–Crippen MR) is 56.5 cm³/mol. The van der Waals surface area contributed by atoms with Gasteiger partial charge in [-0.25, -0.2) is 4.79 Å². The molecule has 4 heteroatoms. The third-order valence-corrected chi connectivity index (χ3v) is 2.81. The summed E-state index contributed by atoms with van der Waals surface area (Å²) in [5.41, 5.74) is 0. The van der Waals surface area contributed by atoms with E-state index in [-0.39, 0.29) is 11.9 Å². The predicted octanol–water partition coefficient (Wildman–Crippen LogP) is 1.69. The molecule has 0 saturated carbocycles. The molecule has 0 bridgehead atoms. The number of ether oxygens (including phenoxy) is 1. The van der Waals surface area contributed by atoms with Crippen LogP contribution in [0.5, 0.6) is 0 Å². The maximum absolute atomic E-state index is 11.4. The highest BCUT2D eigenvalue weighted by atomic mass is 16.6. The van der Waals surface area contributed by atoms with Crippen LogP contribution in [0.3, 0.4) is 0 Å². The minimum absolute atomic E-state index is 0.106. The average molecular weight is 213 g/mol. The highest BCUT2D eigenvalue weighted by Gasteiger charge is 2.28. The van der Waals surface area contributed by atoms with Gasteiger partial charge in [-0.2, -0.15) is 0 Å². The highest BCUT2D eigenvalue weighted by molar-refractivity contribution is 5.76. The largest absolute Gasteiger partial charge is 0.449 e. The molecule has 0 spiro atoms. The summed E-state index contributed by atoms with van der Waals surface area (Å²) in [7, 11) is 0. The van der Waals surface area contributed by atoms with Crippen LogP contribution in [0, 0.1) is 11.8 Å². The van der Waals surface area contributed by atoms with E-state index in [9.17, 15) is 9.59 Å².